The van der Waals surface area contributed by atoms with E-state index in [4.69, 9.17) is 4.74 Å². The molecule has 3 heteroatoms. The zero-order valence-corrected chi connectivity index (χ0v) is 12.1. The first-order chi connectivity index (χ1) is 8.18. The van der Waals surface area contributed by atoms with Crippen LogP contribution >= 0.6 is 0 Å². The van der Waals surface area contributed by atoms with E-state index in [9.17, 15) is 4.79 Å². The summed E-state index contributed by atoms with van der Waals surface area (Å²) in [6, 6.07) is 7.86. The molecule has 0 bridgehead atoms. The standard InChI is InChI=1S/C15H23NO2/c1-14(2,3)11-9-7-8-10-12(11)16-13(17)15(4,5)18-6/h7-10H,1-6H3,(H,16,17). The molecule has 18 heavy (non-hydrogen) atoms. The van der Waals surface area contributed by atoms with Crippen molar-refractivity contribution in [2.24, 2.45) is 0 Å². The van der Waals surface area contributed by atoms with Crippen molar-refractivity contribution in [1.82, 2.24) is 0 Å². The largest absolute Gasteiger partial charge is 0.369 e. The molecule has 1 amide bonds. The van der Waals surface area contributed by atoms with Crippen molar-refractivity contribution in [3.05, 3.63) is 29.8 Å². The lowest BCUT2D eigenvalue weighted by Crippen LogP contribution is -2.39. The van der Waals surface area contributed by atoms with Crippen molar-refractivity contribution >= 4 is 11.6 Å². The van der Waals surface area contributed by atoms with Crippen LogP contribution in [0.3, 0.4) is 0 Å². The second-order valence-corrected chi connectivity index (χ2v) is 5.96. The van der Waals surface area contributed by atoms with Gasteiger partial charge in [-0.15, -0.1) is 0 Å². The van der Waals surface area contributed by atoms with Crippen LogP contribution < -0.4 is 5.32 Å². The number of ether oxygens (including phenoxy) is 1. The second-order valence-electron chi connectivity index (χ2n) is 5.96. The van der Waals surface area contributed by atoms with Gasteiger partial charge in [0, 0.05) is 12.8 Å². The molecular weight excluding hydrogens is 226 g/mol. The van der Waals surface area contributed by atoms with Crippen molar-refractivity contribution in [1.29, 1.82) is 0 Å². The molecule has 1 rings (SSSR count). The topological polar surface area (TPSA) is 38.3 Å². The van der Waals surface area contributed by atoms with Gasteiger partial charge in [-0.3, -0.25) is 4.79 Å². The van der Waals surface area contributed by atoms with E-state index in [1.807, 2.05) is 24.3 Å². The fourth-order valence-electron chi connectivity index (χ4n) is 1.61. The number of amides is 1. The molecule has 100 valence electrons. The predicted octanol–water partition coefficient (Wildman–Crippen LogP) is 3.35. The van der Waals surface area contributed by atoms with Gasteiger partial charge < -0.3 is 10.1 Å². The maximum absolute atomic E-state index is 12.1. The average Bonchev–Trinajstić information content (AvgIpc) is 2.28. The van der Waals surface area contributed by atoms with Gasteiger partial charge in [0.25, 0.3) is 5.91 Å². The van der Waals surface area contributed by atoms with Gasteiger partial charge in [-0.25, -0.2) is 0 Å². The Kier molecular flexibility index (Phi) is 4.17. The Balaban J connectivity index is 3.03. The maximum atomic E-state index is 12.1. The Morgan fingerprint density at radius 3 is 2.17 bits per heavy atom. The normalized spacial score (nSPS) is 12.3. The molecule has 0 fully saturated rings. The van der Waals surface area contributed by atoms with Crippen molar-refractivity contribution in [3.63, 3.8) is 0 Å². The molecule has 1 N–H and O–H groups in total. The SMILES string of the molecule is COC(C)(C)C(=O)Nc1ccccc1C(C)(C)C. The lowest BCUT2D eigenvalue weighted by atomic mass is 9.85. The highest BCUT2D eigenvalue weighted by atomic mass is 16.5. The third-order valence-electron chi connectivity index (χ3n) is 3.04. The number of rotatable bonds is 3. The van der Waals surface area contributed by atoms with Crippen molar-refractivity contribution in [2.45, 2.75) is 45.6 Å². The first-order valence-corrected chi connectivity index (χ1v) is 6.14. The van der Waals surface area contributed by atoms with E-state index in [0.717, 1.165) is 11.3 Å². The summed E-state index contributed by atoms with van der Waals surface area (Å²) in [6.45, 7) is 9.88. The van der Waals surface area contributed by atoms with Crippen molar-refractivity contribution in [2.75, 3.05) is 12.4 Å². The molecule has 0 atom stereocenters. The molecule has 0 radical (unpaired) electrons. The van der Waals surface area contributed by atoms with Gasteiger partial charge in [-0.2, -0.15) is 0 Å². The summed E-state index contributed by atoms with van der Waals surface area (Å²) < 4.78 is 5.19. The molecule has 0 aliphatic carbocycles. The first kappa shape index (κ1) is 14.7. The average molecular weight is 249 g/mol. The van der Waals surface area contributed by atoms with E-state index in [-0.39, 0.29) is 11.3 Å². The number of benzene rings is 1. The highest BCUT2D eigenvalue weighted by Gasteiger charge is 2.28. The van der Waals surface area contributed by atoms with Gasteiger partial charge in [0.2, 0.25) is 0 Å². The van der Waals surface area contributed by atoms with E-state index in [2.05, 4.69) is 26.1 Å². The molecule has 0 saturated carbocycles. The minimum Gasteiger partial charge on any atom is -0.369 e. The van der Waals surface area contributed by atoms with Gasteiger partial charge in [0.15, 0.2) is 0 Å². The van der Waals surface area contributed by atoms with E-state index in [0.29, 0.717) is 0 Å². The van der Waals surface area contributed by atoms with Crippen LogP contribution in [-0.4, -0.2) is 18.6 Å². The number of anilines is 1. The summed E-state index contributed by atoms with van der Waals surface area (Å²) in [6.07, 6.45) is 0. The Labute approximate surface area is 110 Å². The molecule has 0 spiro atoms. The third-order valence-corrected chi connectivity index (χ3v) is 3.04. The smallest absolute Gasteiger partial charge is 0.256 e. The Morgan fingerprint density at radius 1 is 1.11 bits per heavy atom. The number of para-hydroxylation sites is 1. The number of hydrogen-bond donors (Lipinski definition) is 1. The predicted molar refractivity (Wildman–Crippen MR) is 74.9 cm³/mol. The Bertz CT molecular complexity index is 430. The van der Waals surface area contributed by atoms with E-state index < -0.39 is 5.60 Å². The Hall–Kier alpha value is -1.35. The molecule has 0 aromatic heterocycles. The van der Waals surface area contributed by atoms with Gasteiger partial charge in [-0.1, -0.05) is 39.0 Å². The first-order valence-electron chi connectivity index (χ1n) is 6.14. The van der Waals surface area contributed by atoms with E-state index >= 15 is 0 Å². The molecule has 0 unspecified atom stereocenters. The monoisotopic (exact) mass is 249 g/mol. The van der Waals surface area contributed by atoms with E-state index in [1.54, 1.807) is 13.8 Å². The van der Waals surface area contributed by atoms with E-state index in [1.165, 1.54) is 7.11 Å². The number of hydrogen-bond acceptors (Lipinski definition) is 2. The van der Waals surface area contributed by atoms with Crippen molar-refractivity contribution < 1.29 is 9.53 Å². The molecule has 1 aromatic carbocycles. The van der Waals surface area contributed by atoms with Crippen LogP contribution in [0.25, 0.3) is 0 Å². The number of nitrogens with one attached hydrogen (secondary N) is 1. The summed E-state index contributed by atoms with van der Waals surface area (Å²) in [4.78, 5) is 12.1. The van der Waals surface area contributed by atoms with Crippen LogP contribution in [0.2, 0.25) is 0 Å². The second kappa shape index (κ2) is 5.11. The van der Waals surface area contributed by atoms with Crippen LogP contribution in [0, 0.1) is 0 Å². The lowest BCUT2D eigenvalue weighted by Gasteiger charge is -2.26. The summed E-state index contributed by atoms with van der Waals surface area (Å²) in [5, 5.41) is 2.94. The molecular formula is C15H23NO2. The zero-order chi connectivity index (χ0) is 14.0. The lowest BCUT2D eigenvalue weighted by molar-refractivity contribution is -0.133. The molecule has 0 saturated heterocycles. The fourth-order valence-corrected chi connectivity index (χ4v) is 1.61. The van der Waals surface area contributed by atoms with Crippen LogP contribution in [0.5, 0.6) is 0 Å². The third kappa shape index (κ3) is 3.33. The maximum Gasteiger partial charge on any atom is 0.256 e. The van der Waals surface area contributed by atoms with Gasteiger partial charge >= 0.3 is 0 Å². The van der Waals surface area contributed by atoms with Gasteiger partial charge in [0.1, 0.15) is 5.60 Å². The molecule has 0 heterocycles. The highest BCUT2D eigenvalue weighted by Crippen LogP contribution is 2.29. The molecule has 0 aliphatic heterocycles. The summed E-state index contributed by atoms with van der Waals surface area (Å²) in [5.74, 6) is -0.137. The van der Waals surface area contributed by atoms with Crippen LogP contribution in [0.15, 0.2) is 24.3 Å². The minimum absolute atomic E-state index is 0.0128. The highest BCUT2D eigenvalue weighted by molar-refractivity contribution is 5.97. The summed E-state index contributed by atoms with van der Waals surface area (Å²) in [7, 11) is 1.54. The van der Waals surface area contributed by atoms with Crippen molar-refractivity contribution in [3.8, 4) is 0 Å². The van der Waals surface area contributed by atoms with Gasteiger partial charge in [0.05, 0.1) is 0 Å². The number of carbonyl (C=O) groups excluding carboxylic acids is 1. The number of methoxy groups -OCH3 is 1. The van der Waals surface area contributed by atoms with Crippen LogP contribution in [0.4, 0.5) is 5.69 Å². The fraction of sp³-hybridized carbons (Fsp3) is 0.533. The zero-order valence-electron chi connectivity index (χ0n) is 12.1. The van der Waals surface area contributed by atoms with Gasteiger partial charge in [-0.05, 0) is 30.9 Å². The molecule has 0 aliphatic rings. The quantitative estimate of drug-likeness (QED) is 0.892. The van der Waals surface area contributed by atoms with Crippen LogP contribution in [-0.2, 0) is 14.9 Å². The van der Waals surface area contributed by atoms with Crippen LogP contribution in [0.1, 0.15) is 40.2 Å². The minimum atomic E-state index is -0.828. The summed E-state index contributed by atoms with van der Waals surface area (Å²) in [5.41, 5.74) is 1.12. The Morgan fingerprint density at radius 2 is 1.67 bits per heavy atom. The molecule has 3 nitrogen and oxygen atoms in total. The summed E-state index contributed by atoms with van der Waals surface area (Å²) >= 11 is 0. The number of carbonyl (C=O) groups is 1. The molecule has 1 aromatic rings.